The smallest absolute Gasteiger partial charge is 0.118 e. The summed E-state index contributed by atoms with van der Waals surface area (Å²) in [4.78, 5) is 0. The Morgan fingerprint density at radius 2 is 1.75 bits per heavy atom. The molecule has 104 valence electrons. The van der Waals surface area contributed by atoms with Gasteiger partial charge in [0.15, 0.2) is 0 Å². The third-order valence-electron chi connectivity index (χ3n) is 4.23. The molecule has 0 fully saturated rings. The predicted molar refractivity (Wildman–Crippen MR) is 83.5 cm³/mol. The molecule has 0 aromatic heterocycles. The van der Waals surface area contributed by atoms with E-state index in [4.69, 9.17) is 16.3 Å². The van der Waals surface area contributed by atoms with Crippen LogP contribution in [0.1, 0.15) is 28.5 Å². The fourth-order valence-corrected chi connectivity index (χ4v) is 3.40. The molecule has 0 radical (unpaired) electrons. The summed E-state index contributed by atoms with van der Waals surface area (Å²) in [6.07, 6.45) is 3.38. The largest absolute Gasteiger partial charge is 0.497 e. The van der Waals surface area contributed by atoms with E-state index < -0.39 is 0 Å². The summed E-state index contributed by atoms with van der Waals surface area (Å²) in [7, 11) is 1.69. The van der Waals surface area contributed by atoms with Crippen molar-refractivity contribution in [1.82, 2.24) is 0 Å². The molecule has 0 amide bonds. The zero-order chi connectivity index (χ0) is 13.9. The van der Waals surface area contributed by atoms with Crippen molar-refractivity contribution in [3.63, 3.8) is 0 Å². The second kappa shape index (κ2) is 5.88. The normalized spacial score (nSPS) is 19.2. The van der Waals surface area contributed by atoms with Crippen LogP contribution in [0, 0.1) is 5.92 Å². The van der Waals surface area contributed by atoms with Gasteiger partial charge in [-0.25, -0.2) is 0 Å². The summed E-state index contributed by atoms with van der Waals surface area (Å²) in [5, 5.41) is 0.0780. The Morgan fingerprint density at radius 3 is 2.45 bits per heavy atom. The zero-order valence-corrected chi connectivity index (χ0v) is 12.4. The maximum absolute atomic E-state index is 6.71. The molecule has 1 aliphatic rings. The van der Waals surface area contributed by atoms with Gasteiger partial charge in [0.05, 0.1) is 12.5 Å². The highest BCUT2D eigenvalue weighted by Crippen LogP contribution is 2.38. The average molecular weight is 287 g/mol. The van der Waals surface area contributed by atoms with Gasteiger partial charge >= 0.3 is 0 Å². The predicted octanol–water partition coefficient (Wildman–Crippen LogP) is 4.78. The lowest BCUT2D eigenvalue weighted by Crippen LogP contribution is -2.18. The monoisotopic (exact) mass is 286 g/mol. The van der Waals surface area contributed by atoms with Gasteiger partial charge in [0.25, 0.3) is 0 Å². The average Bonchev–Trinajstić information content (AvgIpc) is 2.54. The number of aryl methyl sites for hydroxylation is 1. The first-order valence-electron chi connectivity index (χ1n) is 7.12. The summed E-state index contributed by atoms with van der Waals surface area (Å²) < 4.78 is 5.20. The molecule has 20 heavy (non-hydrogen) atoms. The molecule has 0 N–H and O–H groups in total. The molecule has 3 rings (SSSR count). The second-order valence-corrected chi connectivity index (χ2v) is 5.92. The Balaban J connectivity index is 1.76. The van der Waals surface area contributed by atoms with Gasteiger partial charge in [-0.1, -0.05) is 36.4 Å². The molecule has 1 aliphatic carbocycles. The van der Waals surface area contributed by atoms with Crippen LogP contribution in [-0.4, -0.2) is 7.11 Å². The molecule has 0 aliphatic heterocycles. The zero-order valence-electron chi connectivity index (χ0n) is 11.7. The van der Waals surface area contributed by atoms with Gasteiger partial charge in [0.1, 0.15) is 5.75 Å². The first kappa shape index (κ1) is 13.5. The Hall–Kier alpha value is -1.47. The minimum atomic E-state index is 0.0780. The minimum Gasteiger partial charge on any atom is -0.497 e. The number of methoxy groups -OCH3 is 1. The molecule has 2 aromatic rings. The van der Waals surface area contributed by atoms with Crippen molar-refractivity contribution < 1.29 is 4.74 Å². The van der Waals surface area contributed by atoms with Crippen molar-refractivity contribution in [3.8, 4) is 5.75 Å². The molecule has 0 saturated heterocycles. The lowest BCUT2D eigenvalue weighted by molar-refractivity contribution is 0.413. The Labute approximate surface area is 125 Å². The van der Waals surface area contributed by atoms with E-state index in [-0.39, 0.29) is 5.38 Å². The number of hydrogen-bond donors (Lipinski definition) is 0. The van der Waals surface area contributed by atoms with Gasteiger partial charge in [0, 0.05) is 0 Å². The maximum Gasteiger partial charge on any atom is 0.118 e. The van der Waals surface area contributed by atoms with E-state index >= 15 is 0 Å². The number of benzene rings is 2. The Morgan fingerprint density at radius 1 is 1.05 bits per heavy atom. The van der Waals surface area contributed by atoms with Crippen LogP contribution in [-0.2, 0) is 12.8 Å². The third kappa shape index (κ3) is 2.69. The number of rotatable bonds is 3. The van der Waals surface area contributed by atoms with Crippen LogP contribution >= 0.6 is 11.6 Å². The fourth-order valence-electron chi connectivity index (χ4n) is 3.04. The van der Waals surface area contributed by atoms with Gasteiger partial charge in [-0.2, -0.15) is 0 Å². The van der Waals surface area contributed by atoms with E-state index in [0.29, 0.717) is 5.92 Å². The van der Waals surface area contributed by atoms with Crippen molar-refractivity contribution in [2.45, 2.75) is 24.6 Å². The van der Waals surface area contributed by atoms with E-state index in [1.165, 1.54) is 16.7 Å². The highest BCUT2D eigenvalue weighted by Gasteiger charge is 2.25. The van der Waals surface area contributed by atoms with Crippen molar-refractivity contribution in [2.24, 2.45) is 5.92 Å². The summed E-state index contributed by atoms with van der Waals surface area (Å²) in [5.74, 6) is 1.39. The summed E-state index contributed by atoms with van der Waals surface area (Å²) in [6, 6.07) is 16.9. The van der Waals surface area contributed by atoms with E-state index in [9.17, 15) is 0 Å². The van der Waals surface area contributed by atoms with Crippen LogP contribution in [0.4, 0.5) is 0 Å². The molecular weight excluding hydrogens is 268 g/mol. The van der Waals surface area contributed by atoms with Crippen molar-refractivity contribution in [1.29, 1.82) is 0 Å². The molecule has 0 heterocycles. The SMILES string of the molecule is COc1ccc(C(Cl)C2CCc3ccccc3C2)cc1. The van der Waals surface area contributed by atoms with Crippen LogP contribution in [0.25, 0.3) is 0 Å². The van der Waals surface area contributed by atoms with E-state index in [1.54, 1.807) is 7.11 Å². The number of halogens is 1. The Bertz CT molecular complexity index is 576. The third-order valence-corrected chi connectivity index (χ3v) is 4.84. The van der Waals surface area contributed by atoms with Gasteiger partial charge in [-0.3, -0.25) is 0 Å². The second-order valence-electron chi connectivity index (χ2n) is 5.45. The van der Waals surface area contributed by atoms with Crippen LogP contribution < -0.4 is 4.74 Å². The molecule has 0 spiro atoms. The molecule has 0 saturated carbocycles. The Kier molecular flexibility index (Phi) is 3.98. The van der Waals surface area contributed by atoms with Gasteiger partial charge in [-0.05, 0) is 54.0 Å². The number of ether oxygens (including phenoxy) is 1. The van der Waals surface area contributed by atoms with Crippen LogP contribution in [0.5, 0.6) is 5.75 Å². The fraction of sp³-hybridized carbons (Fsp3) is 0.333. The minimum absolute atomic E-state index is 0.0780. The van der Waals surface area contributed by atoms with Crippen molar-refractivity contribution in [2.75, 3.05) is 7.11 Å². The first-order valence-corrected chi connectivity index (χ1v) is 7.56. The number of hydrogen-bond acceptors (Lipinski definition) is 1. The lowest BCUT2D eigenvalue weighted by Gasteiger charge is -2.28. The van der Waals surface area contributed by atoms with Gasteiger partial charge in [0.2, 0.25) is 0 Å². The van der Waals surface area contributed by atoms with E-state index in [2.05, 4.69) is 36.4 Å². The number of fused-ring (bicyclic) bond motifs is 1. The molecule has 2 heteroatoms. The molecular formula is C18H19ClO. The highest BCUT2D eigenvalue weighted by molar-refractivity contribution is 6.21. The standard InChI is InChI=1S/C18H19ClO/c1-20-17-10-8-14(9-11-17)18(19)16-7-6-13-4-2-3-5-15(13)12-16/h2-5,8-11,16,18H,6-7,12H2,1H3. The maximum atomic E-state index is 6.71. The quantitative estimate of drug-likeness (QED) is 0.738. The van der Waals surface area contributed by atoms with Crippen LogP contribution in [0.3, 0.4) is 0 Å². The molecule has 0 bridgehead atoms. The molecule has 1 nitrogen and oxygen atoms in total. The van der Waals surface area contributed by atoms with Crippen molar-refractivity contribution >= 4 is 11.6 Å². The van der Waals surface area contributed by atoms with E-state index in [0.717, 1.165) is 25.0 Å². The van der Waals surface area contributed by atoms with Gasteiger partial charge in [-0.15, -0.1) is 11.6 Å². The summed E-state index contributed by atoms with van der Waals surface area (Å²) in [5.41, 5.74) is 4.14. The number of alkyl halides is 1. The topological polar surface area (TPSA) is 9.23 Å². The lowest BCUT2D eigenvalue weighted by atomic mass is 9.80. The molecule has 2 atom stereocenters. The van der Waals surface area contributed by atoms with Crippen LogP contribution in [0.15, 0.2) is 48.5 Å². The highest BCUT2D eigenvalue weighted by atomic mass is 35.5. The first-order chi connectivity index (χ1) is 9.78. The summed E-state index contributed by atoms with van der Waals surface area (Å²) >= 11 is 6.71. The van der Waals surface area contributed by atoms with Crippen molar-refractivity contribution in [3.05, 3.63) is 65.2 Å². The molecule has 2 aromatic carbocycles. The van der Waals surface area contributed by atoms with Crippen LogP contribution in [0.2, 0.25) is 0 Å². The molecule has 2 unspecified atom stereocenters. The summed E-state index contributed by atoms with van der Waals surface area (Å²) in [6.45, 7) is 0. The van der Waals surface area contributed by atoms with Gasteiger partial charge < -0.3 is 4.74 Å². The van der Waals surface area contributed by atoms with E-state index in [1.807, 2.05) is 12.1 Å².